The lowest BCUT2D eigenvalue weighted by molar-refractivity contribution is -0.120. The van der Waals surface area contributed by atoms with Gasteiger partial charge in [-0.15, -0.1) is 0 Å². The zero-order chi connectivity index (χ0) is 17.8. The van der Waals surface area contributed by atoms with Crippen LogP contribution in [0.25, 0.3) is 0 Å². The standard InChI is InChI=1S/C18H23N5O2/c1-3-22(18(25)19-13-15-9-11-20-21(15)2)16-10-12-23(17(16)24)14-7-5-4-6-8-14/h4-9,11,16H,3,10,12-13H2,1-2H3,(H,19,25)/t16-/m0/s1. The number of aromatic nitrogens is 2. The van der Waals surface area contributed by atoms with Crippen molar-refractivity contribution < 1.29 is 9.59 Å². The molecule has 1 atom stereocenters. The number of hydrogen-bond acceptors (Lipinski definition) is 3. The molecule has 1 aromatic carbocycles. The first-order chi connectivity index (χ1) is 12.1. The van der Waals surface area contributed by atoms with Crippen molar-refractivity contribution in [1.82, 2.24) is 20.0 Å². The molecule has 25 heavy (non-hydrogen) atoms. The van der Waals surface area contributed by atoms with Crippen molar-refractivity contribution in [3.63, 3.8) is 0 Å². The van der Waals surface area contributed by atoms with Crippen molar-refractivity contribution >= 4 is 17.6 Å². The van der Waals surface area contributed by atoms with Crippen LogP contribution >= 0.6 is 0 Å². The average molecular weight is 341 g/mol. The number of urea groups is 1. The van der Waals surface area contributed by atoms with Crippen molar-refractivity contribution in [2.45, 2.75) is 25.9 Å². The summed E-state index contributed by atoms with van der Waals surface area (Å²) >= 11 is 0. The van der Waals surface area contributed by atoms with Crippen LogP contribution in [0.3, 0.4) is 0 Å². The first kappa shape index (κ1) is 17.0. The molecule has 0 unspecified atom stereocenters. The highest BCUT2D eigenvalue weighted by molar-refractivity contribution is 6.01. The van der Waals surface area contributed by atoms with Gasteiger partial charge in [-0.1, -0.05) is 18.2 Å². The van der Waals surface area contributed by atoms with Crippen LogP contribution in [0.1, 0.15) is 19.0 Å². The SMILES string of the molecule is CCN(C(=O)NCc1ccnn1C)[C@H]1CCN(c2ccccc2)C1=O. The van der Waals surface area contributed by atoms with Gasteiger partial charge in [0.15, 0.2) is 0 Å². The van der Waals surface area contributed by atoms with E-state index in [4.69, 9.17) is 0 Å². The fourth-order valence-electron chi connectivity index (χ4n) is 3.17. The number of carbonyl (C=O) groups excluding carboxylic acids is 2. The van der Waals surface area contributed by atoms with Crippen LogP contribution in [-0.4, -0.2) is 45.8 Å². The molecule has 132 valence electrons. The van der Waals surface area contributed by atoms with Gasteiger partial charge in [0.2, 0.25) is 5.91 Å². The monoisotopic (exact) mass is 341 g/mol. The predicted molar refractivity (Wildman–Crippen MR) is 95.0 cm³/mol. The normalized spacial score (nSPS) is 17.0. The first-order valence-corrected chi connectivity index (χ1v) is 8.49. The van der Waals surface area contributed by atoms with E-state index < -0.39 is 6.04 Å². The molecule has 1 fully saturated rings. The summed E-state index contributed by atoms with van der Waals surface area (Å²) in [5.74, 6) is -0.0243. The highest BCUT2D eigenvalue weighted by atomic mass is 16.2. The van der Waals surface area contributed by atoms with Gasteiger partial charge in [0.25, 0.3) is 0 Å². The van der Waals surface area contributed by atoms with E-state index >= 15 is 0 Å². The number of para-hydroxylation sites is 1. The fraction of sp³-hybridized carbons (Fsp3) is 0.389. The second-order valence-corrected chi connectivity index (χ2v) is 6.02. The van der Waals surface area contributed by atoms with E-state index in [0.717, 1.165) is 11.4 Å². The average Bonchev–Trinajstić information content (AvgIpc) is 3.21. The Kier molecular flexibility index (Phi) is 5.02. The summed E-state index contributed by atoms with van der Waals surface area (Å²) in [5, 5.41) is 6.97. The molecule has 0 aliphatic carbocycles. The van der Waals surface area contributed by atoms with Gasteiger partial charge < -0.3 is 15.1 Å². The van der Waals surface area contributed by atoms with E-state index in [1.807, 2.05) is 50.4 Å². The van der Waals surface area contributed by atoms with E-state index in [1.54, 1.807) is 20.7 Å². The molecule has 2 aromatic rings. The summed E-state index contributed by atoms with van der Waals surface area (Å²) in [5.41, 5.74) is 1.79. The number of rotatable bonds is 5. The largest absolute Gasteiger partial charge is 0.332 e. The predicted octanol–water partition coefficient (Wildman–Crippen LogP) is 1.76. The maximum atomic E-state index is 12.8. The Bertz CT molecular complexity index is 743. The minimum Gasteiger partial charge on any atom is -0.332 e. The summed E-state index contributed by atoms with van der Waals surface area (Å²) in [6.45, 7) is 3.38. The Hall–Kier alpha value is -2.83. The van der Waals surface area contributed by atoms with Crippen molar-refractivity contribution in [2.24, 2.45) is 7.05 Å². The summed E-state index contributed by atoms with van der Waals surface area (Å²) in [6.07, 6.45) is 2.33. The molecule has 3 amide bonds. The van der Waals surface area contributed by atoms with Gasteiger partial charge in [-0.25, -0.2) is 4.79 Å². The van der Waals surface area contributed by atoms with Gasteiger partial charge in [0.05, 0.1) is 12.2 Å². The number of amides is 3. The Labute approximate surface area is 147 Å². The third-order valence-electron chi connectivity index (χ3n) is 4.57. The highest BCUT2D eigenvalue weighted by Gasteiger charge is 2.38. The van der Waals surface area contributed by atoms with Gasteiger partial charge in [-0.2, -0.15) is 5.10 Å². The van der Waals surface area contributed by atoms with Crippen LogP contribution in [0.5, 0.6) is 0 Å². The smallest absolute Gasteiger partial charge is 0.318 e. The molecule has 1 aliphatic heterocycles. The number of benzene rings is 1. The summed E-state index contributed by atoms with van der Waals surface area (Å²) in [6, 6.07) is 10.8. The van der Waals surface area contributed by atoms with Crippen LogP contribution in [0.4, 0.5) is 10.5 Å². The number of carbonyl (C=O) groups is 2. The Morgan fingerprint density at radius 1 is 1.32 bits per heavy atom. The second kappa shape index (κ2) is 7.38. The Morgan fingerprint density at radius 3 is 2.72 bits per heavy atom. The van der Waals surface area contributed by atoms with Gasteiger partial charge in [0.1, 0.15) is 6.04 Å². The fourth-order valence-corrected chi connectivity index (χ4v) is 3.17. The number of nitrogens with zero attached hydrogens (tertiary/aromatic N) is 4. The Balaban J connectivity index is 1.65. The lowest BCUT2D eigenvalue weighted by Crippen LogP contribution is -2.49. The lowest BCUT2D eigenvalue weighted by atomic mass is 10.2. The number of anilines is 1. The lowest BCUT2D eigenvalue weighted by Gasteiger charge is -2.27. The molecule has 0 spiro atoms. The number of nitrogens with one attached hydrogen (secondary N) is 1. The molecule has 7 heteroatoms. The van der Waals surface area contributed by atoms with E-state index in [0.29, 0.717) is 26.1 Å². The second-order valence-electron chi connectivity index (χ2n) is 6.02. The van der Waals surface area contributed by atoms with Crippen molar-refractivity contribution in [2.75, 3.05) is 18.0 Å². The zero-order valence-corrected chi connectivity index (χ0v) is 14.6. The quantitative estimate of drug-likeness (QED) is 0.901. The third-order valence-corrected chi connectivity index (χ3v) is 4.57. The van der Waals surface area contributed by atoms with Crippen LogP contribution < -0.4 is 10.2 Å². The molecule has 2 heterocycles. The molecule has 1 N–H and O–H groups in total. The molecule has 1 aliphatic rings. The van der Waals surface area contributed by atoms with Crippen molar-refractivity contribution in [3.05, 3.63) is 48.3 Å². The number of likely N-dealkylation sites (N-methyl/N-ethyl adjacent to an activating group) is 1. The van der Waals surface area contributed by atoms with Gasteiger partial charge in [-0.3, -0.25) is 9.48 Å². The molecular weight excluding hydrogens is 318 g/mol. The van der Waals surface area contributed by atoms with Gasteiger partial charge >= 0.3 is 6.03 Å². The maximum Gasteiger partial charge on any atom is 0.318 e. The van der Waals surface area contributed by atoms with E-state index in [1.165, 1.54) is 0 Å². The minimum atomic E-state index is -0.420. The highest BCUT2D eigenvalue weighted by Crippen LogP contribution is 2.24. The summed E-state index contributed by atoms with van der Waals surface area (Å²) < 4.78 is 1.72. The number of aryl methyl sites for hydroxylation is 1. The van der Waals surface area contributed by atoms with Crippen LogP contribution in [0, 0.1) is 0 Å². The van der Waals surface area contributed by atoms with Gasteiger partial charge in [-0.05, 0) is 31.5 Å². The van der Waals surface area contributed by atoms with Crippen LogP contribution in [0.2, 0.25) is 0 Å². The minimum absolute atomic E-state index is 0.0243. The summed E-state index contributed by atoms with van der Waals surface area (Å²) in [7, 11) is 1.83. The first-order valence-electron chi connectivity index (χ1n) is 8.49. The topological polar surface area (TPSA) is 70.5 Å². The molecular formula is C18H23N5O2. The van der Waals surface area contributed by atoms with E-state index in [9.17, 15) is 9.59 Å². The molecule has 0 saturated carbocycles. The van der Waals surface area contributed by atoms with Crippen LogP contribution in [-0.2, 0) is 18.4 Å². The van der Waals surface area contributed by atoms with E-state index in [2.05, 4.69) is 10.4 Å². The van der Waals surface area contributed by atoms with E-state index in [-0.39, 0.29) is 11.9 Å². The molecule has 0 bridgehead atoms. The third kappa shape index (κ3) is 3.50. The molecule has 7 nitrogen and oxygen atoms in total. The molecule has 1 saturated heterocycles. The van der Waals surface area contributed by atoms with Crippen molar-refractivity contribution in [3.8, 4) is 0 Å². The van der Waals surface area contributed by atoms with Gasteiger partial charge in [0, 0.05) is 32.0 Å². The summed E-state index contributed by atoms with van der Waals surface area (Å²) in [4.78, 5) is 28.7. The maximum absolute atomic E-state index is 12.8. The van der Waals surface area contributed by atoms with Crippen LogP contribution in [0.15, 0.2) is 42.6 Å². The van der Waals surface area contributed by atoms with Crippen molar-refractivity contribution in [1.29, 1.82) is 0 Å². The Morgan fingerprint density at radius 2 is 2.08 bits per heavy atom. The molecule has 1 aromatic heterocycles. The molecule has 3 rings (SSSR count). The molecule has 0 radical (unpaired) electrons. The number of hydrogen-bond donors (Lipinski definition) is 1. The zero-order valence-electron chi connectivity index (χ0n) is 14.6.